The van der Waals surface area contributed by atoms with E-state index in [0.717, 1.165) is 5.56 Å². The number of hydrogen-bond donors (Lipinski definition) is 1. The molecule has 0 saturated carbocycles. The van der Waals surface area contributed by atoms with E-state index in [9.17, 15) is 4.79 Å². The Morgan fingerprint density at radius 2 is 2.14 bits per heavy atom. The lowest BCUT2D eigenvalue weighted by molar-refractivity contribution is -0.125. The van der Waals surface area contributed by atoms with E-state index in [0.29, 0.717) is 30.6 Å². The van der Waals surface area contributed by atoms with E-state index < -0.39 is 0 Å². The largest absolute Gasteiger partial charge is 0.493 e. The molecule has 0 aromatic heterocycles. The van der Waals surface area contributed by atoms with Crippen LogP contribution >= 0.6 is 0 Å². The van der Waals surface area contributed by atoms with E-state index in [-0.39, 0.29) is 12.5 Å². The Morgan fingerprint density at radius 1 is 1.36 bits per heavy atom. The lowest BCUT2D eigenvalue weighted by Gasteiger charge is -2.09. The molecule has 6 nitrogen and oxygen atoms in total. The van der Waals surface area contributed by atoms with Gasteiger partial charge >= 0.3 is 0 Å². The highest BCUT2D eigenvalue weighted by molar-refractivity contribution is 5.81. The molecular weight excluding hydrogens is 284 g/mol. The average molecular weight is 308 g/mol. The Kier molecular flexibility index (Phi) is 7.81. The number of rotatable bonds is 9. The molecule has 0 bridgehead atoms. The summed E-state index contributed by atoms with van der Waals surface area (Å²) < 4.78 is 10.7. The molecule has 1 aromatic carbocycles. The van der Waals surface area contributed by atoms with Crippen LogP contribution in [0.4, 0.5) is 0 Å². The van der Waals surface area contributed by atoms with Gasteiger partial charge in [-0.2, -0.15) is 0 Å². The zero-order chi connectivity index (χ0) is 16.4. The molecule has 0 aliphatic rings. The summed E-state index contributed by atoms with van der Waals surface area (Å²) in [4.78, 5) is 16.4. The van der Waals surface area contributed by atoms with Gasteiger partial charge in [0.05, 0.1) is 19.9 Å². The lowest BCUT2D eigenvalue weighted by atomic mass is 10.2. The number of benzene rings is 1. The maximum absolute atomic E-state index is 11.4. The van der Waals surface area contributed by atoms with E-state index in [1.165, 1.54) is 6.21 Å². The number of carbonyl (C=O) groups excluding carboxylic acids is 1. The summed E-state index contributed by atoms with van der Waals surface area (Å²) in [6.45, 7) is 7.06. The standard InChI is InChI=1S/C16H24N2O4/c1-5-21-14-7-6-13(8-15(14)20-4)10-18-22-11-16(19)17-9-12(2)3/h6-8,10,12H,5,9,11H2,1-4H3,(H,17,19)/b18-10+. The predicted molar refractivity (Wildman–Crippen MR) is 85.6 cm³/mol. The van der Waals surface area contributed by atoms with Crippen molar-refractivity contribution in [2.75, 3.05) is 26.9 Å². The zero-order valence-electron chi connectivity index (χ0n) is 13.6. The SMILES string of the molecule is CCOc1ccc(/C=N/OCC(=O)NCC(C)C)cc1OC. The summed E-state index contributed by atoms with van der Waals surface area (Å²) >= 11 is 0. The van der Waals surface area contributed by atoms with Gasteiger partial charge < -0.3 is 19.6 Å². The van der Waals surface area contributed by atoms with Crippen molar-refractivity contribution in [3.63, 3.8) is 0 Å². The highest BCUT2D eigenvalue weighted by Gasteiger charge is 2.04. The van der Waals surface area contributed by atoms with Gasteiger partial charge in [0.2, 0.25) is 0 Å². The van der Waals surface area contributed by atoms with Crippen LogP contribution < -0.4 is 14.8 Å². The van der Waals surface area contributed by atoms with Crippen molar-refractivity contribution in [1.29, 1.82) is 0 Å². The molecule has 0 aliphatic heterocycles. The van der Waals surface area contributed by atoms with Gasteiger partial charge in [-0.15, -0.1) is 0 Å². The monoisotopic (exact) mass is 308 g/mol. The van der Waals surface area contributed by atoms with Gasteiger partial charge in [0.25, 0.3) is 5.91 Å². The fourth-order valence-electron chi connectivity index (χ4n) is 1.60. The third kappa shape index (κ3) is 6.47. The fraction of sp³-hybridized carbons (Fsp3) is 0.500. The molecule has 0 unspecified atom stereocenters. The van der Waals surface area contributed by atoms with Crippen LogP contribution in [0.2, 0.25) is 0 Å². The Bertz CT molecular complexity index is 501. The summed E-state index contributed by atoms with van der Waals surface area (Å²) in [5.41, 5.74) is 0.794. The Labute approximate surface area is 131 Å². The van der Waals surface area contributed by atoms with Crippen molar-refractivity contribution < 1.29 is 19.1 Å². The summed E-state index contributed by atoms with van der Waals surface area (Å²) in [6.07, 6.45) is 1.52. The van der Waals surface area contributed by atoms with Gasteiger partial charge in [0, 0.05) is 12.1 Å². The van der Waals surface area contributed by atoms with E-state index in [2.05, 4.69) is 10.5 Å². The van der Waals surface area contributed by atoms with Crippen LogP contribution in [0.25, 0.3) is 0 Å². The number of nitrogens with zero attached hydrogens (tertiary/aromatic N) is 1. The molecule has 1 amide bonds. The average Bonchev–Trinajstić information content (AvgIpc) is 2.51. The molecule has 0 aliphatic carbocycles. The van der Waals surface area contributed by atoms with Gasteiger partial charge in [-0.3, -0.25) is 4.79 Å². The molecule has 0 spiro atoms. The predicted octanol–water partition coefficient (Wildman–Crippen LogP) is 2.22. The van der Waals surface area contributed by atoms with Crippen molar-refractivity contribution in [2.24, 2.45) is 11.1 Å². The van der Waals surface area contributed by atoms with Crippen LogP contribution in [0.5, 0.6) is 11.5 Å². The molecular formula is C16H24N2O4. The number of oxime groups is 1. The first-order chi connectivity index (χ1) is 10.6. The number of carbonyl (C=O) groups is 1. The molecule has 1 rings (SSSR count). The smallest absolute Gasteiger partial charge is 0.260 e. The quantitative estimate of drug-likeness (QED) is 0.561. The number of hydrogen-bond acceptors (Lipinski definition) is 5. The first kappa shape index (κ1) is 17.8. The summed E-state index contributed by atoms with van der Waals surface area (Å²) in [5, 5.41) is 6.52. The van der Waals surface area contributed by atoms with Crippen LogP contribution in [0.3, 0.4) is 0 Å². The molecule has 0 heterocycles. The Balaban J connectivity index is 2.47. The minimum absolute atomic E-state index is 0.0998. The van der Waals surface area contributed by atoms with Crippen LogP contribution in [0, 0.1) is 5.92 Å². The first-order valence-electron chi connectivity index (χ1n) is 7.29. The molecule has 0 saturated heterocycles. The van der Waals surface area contributed by atoms with Crippen molar-refractivity contribution >= 4 is 12.1 Å². The molecule has 22 heavy (non-hydrogen) atoms. The summed E-state index contributed by atoms with van der Waals surface area (Å²) in [7, 11) is 1.58. The second-order valence-corrected chi connectivity index (χ2v) is 5.05. The summed E-state index contributed by atoms with van der Waals surface area (Å²) in [6, 6.07) is 5.43. The maximum atomic E-state index is 11.4. The molecule has 122 valence electrons. The minimum atomic E-state index is -0.185. The topological polar surface area (TPSA) is 69.2 Å². The van der Waals surface area contributed by atoms with E-state index in [1.807, 2.05) is 26.8 Å². The number of nitrogens with one attached hydrogen (secondary N) is 1. The number of ether oxygens (including phenoxy) is 2. The zero-order valence-corrected chi connectivity index (χ0v) is 13.6. The minimum Gasteiger partial charge on any atom is -0.493 e. The van der Waals surface area contributed by atoms with Gasteiger partial charge in [-0.1, -0.05) is 19.0 Å². The molecule has 6 heteroatoms. The van der Waals surface area contributed by atoms with Crippen molar-refractivity contribution in [1.82, 2.24) is 5.32 Å². The van der Waals surface area contributed by atoms with Gasteiger partial charge in [0.15, 0.2) is 18.1 Å². The second-order valence-electron chi connectivity index (χ2n) is 5.05. The maximum Gasteiger partial charge on any atom is 0.260 e. The fourth-order valence-corrected chi connectivity index (χ4v) is 1.60. The third-order valence-electron chi connectivity index (χ3n) is 2.67. The molecule has 1 N–H and O–H groups in total. The Hall–Kier alpha value is -2.24. The van der Waals surface area contributed by atoms with Crippen LogP contribution in [-0.4, -0.2) is 39.0 Å². The summed E-state index contributed by atoms with van der Waals surface area (Å²) in [5.74, 6) is 1.52. The van der Waals surface area contributed by atoms with Crippen LogP contribution in [-0.2, 0) is 9.63 Å². The third-order valence-corrected chi connectivity index (χ3v) is 2.67. The van der Waals surface area contributed by atoms with Gasteiger partial charge in [0.1, 0.15) is 0 Å². The van der Waals surface area contributed by atoms with Gasteiger partial charge in [-0.05, 0) is 31.0 Å². The van der Waals surface area contributed by atoms with Crippen molar-refractivity contribution in [3.8, 4) is 11.5 Å². The molecule has 0 atom stereocenters. The van der Waals surface area contributed by atoms with E-state index in [1.54, 1.807) is 19.2 Å². The second kappa shape index (κ2) is 9.65. The van der Waals surface area contributed by atoms with E-state index in [4.69, 9.17) is 14.3 Å². The molecule has 1 aromatic rings. The van der Waals surface area contributed by atoms with Crippen molar-refractivity contribution in [3.05, 3.63) is 23.8 Å². The highest BCUT2D eigenvalue weighted by atomic mass is 16.6. The normalized spacial score (nSPS) is 10.8. The van der Waals surface area contributed by atoms with E-state index >= 15 is 0 Å². The lowest BCUT2D eigenvalue weighted by Crippen LogP contribution is -2.30. The number of methoxy groups -OCH3 is 1. The van der Waals surface area contributed by atoms with Gasteiger partial charge in [-0.25, -0.2) is 0 Å². The first-order valence-corrected chi connectivity index (χ1v) is 7.29. The van der Waals surface area contributed by atoms with Crippen LogP contribution in [0.1, 0.15) is 26.3 Å². The molecule has 0 radical (unpaired) electrons. The highest BCUT2D eigenvalue weighted by Crippen LogP contribution is 2.27. The van der Waals surface area contributed by atoms with Crippen LogP contribution in [0.15, 0.2) is 23.4 Å². The Morgan fingerprint density at radius 3 is 2.77 bits per heavy atom. The number of amides is 1. The van der Waals surface area contributed by atoms with Crippen molar-refractivity contribution in [2.45, 2.75) is 20.8 Å². The molecule has 0 fully saturated rings.